The van der Waals surface area contributed by atoms with Crippen molar-refractivity contribution in [1.82, 2.24) is 10.3 Å². The smallest absolute Gasteiger partial charge is 0.251 e. The Hall–Kier alpha value is -3.38. The van der Waals surface area contributed by atoms with Crippen LogP contribution in [0.1, 0.15) is 23.0 Å². The van der Waals surface area contributed by atoms with Crippen LogP contribution >= 0.6 is 0 Å². The van der Waals surface area contributed by atoms with Crippen molar-refractivity contribution in [3.05, 3.63) is 84.2 Å². The molecule has 1 aliphatic heterocycles. The summed E-state index contributed by atoms with van der Waals surface area (Å²) in [6, 6.07) is 20.9. The molecule has 1 saturated heterocycles. The van der Waals surface area contributed by atoms with E-state index in [2.05, 4.69) is 22.5 Å². The molecule has 154 valence electrons. The number of hydrogen-bond donors (Lipinski definition) is 2. The number of nitrogens with zero attached hydrogens (tertiary/aromatic N) is 1. The van der Waals surface area contributed by atoms with E-state index < -0.39 is 0 Å². The van der Waals surface area contributed by atoms with Gasteiger partial charge in [-0.15, -0.1) is 0 Å². The summed E-state index contributed by atoms with van der Waals surface area (Å²) in [5.74, 6) is 0.692. The lowest BCUT2D eigenvalue weighted by Gasteiger charge is -2.38. The molecular weight excluding hydrogens is 378 g/mol. The van der Waals surface area contributed by atoms with Crippen molar-refractivity contribution < 1.29 is 14.3 Å². The van der Waals surface area contributed by atoms with Gasteiger partial charge in [-0.3, -0.25) is 9.78 Å². The lowest BCUT2D eigenvalue weighted by Crippen LogP contribution is -2.48. The maximum absolute atomic E-state index is 12.5. The summed E-state index contributed by atoms with van der Waals surface area (Å²) in [5.41, 5.74) is 3.32. The number of carbonyl (C=O) groups is 1. The van der Waals surface area contributed by atoms with Gasteiger partial charge in [-0.1, -0.05) is 19.1 Å². The number of nitrogens with one attached hydrogen (secondary N) is 2. The molecule has 1 fully saturated rings. The lowest BCUT2D eigenvalue weighted by molar-refractivity contribution is -0.0978. The molecule has 6 nitrogen and oxygen atoms in total. The van der Waals surface area contributed by atoms with Gasteiger partial charge in [0, 0.05) is 35.1 Å². The zero-order chi connectivity index (χ0) is 20.8. The van der Waals surface area contributed by atoms with E-state index in [0.717, 1.165) is 22.8 Å². The zero-order valence-electron chi connectivity index (χ0n) is 16.9. The zero-order valence-corrected chi connectivity index (χ0v) is 16.9. The highest BCUT2D eigenvalue weighted by Gasteiger charge is 2.33. The van der Waals surface area contributed by atoms with Gasteiger partial charge in [-0.2, -0.15) is 0 Å². The molecule has 0 bridgehead atoms. The fraction of sp³-hybridized carbons (Fsp3) is 0.250. The Morgan fingerprint density at radius 3 is 2.60 bits per heavy atom. The molecule has 30 heavy (non-hydrogen) atoms. The topological polar surface area (TPSA) is 72.5 Å². The average Bonchev–Trinajstić information content (AvgIpc) is 2.76. The van der Waals surface area contributed by atoms with E-state index in [-0.39, 0.29) is 11.3 Å². The largest absolute Gasteiger partial charge is 0.487 e. The van der Waals surface area contributed by atoms with Crippen LogP contribution in [0.5, 0.6) is 5.75 Å². The van der Waals surface area contributed by atoms with Crippen molar-refractivity contribution in [3.8, 4) is 5.75 Å². The second-order valence-corrected chi connectivity index (χ2v) is 7.83. The van der Waals surface area contributed by atoms with Crippen LogP contribution in [0.15, 0.2) is 72.9 Å². The van der Waals surface area contributed by atoms with Crippen molar-refractivity contribution in [2.24, 2.45) is 5.41 Å². The molecule has 1 amide bonds. The van der Waals surface area contributed by atoms with Crippen molar-refractivity contribution in [1.29, 1.82) is 0 Å². The monoisotopic (exact) mass is 403 g/mol. The molecule has 0 saturated carbocycles. The van der Waals surface area contributed by atoms with Gasteiger partial charge in [0.15, 0.2) is 0 Å². The Morgan fingerprint density at radius 2 is 1.90 bits per heavy atom. The summed E-state index contributed by atoms with van der Waals surface area (Å²) in [4.78, 5) is 16.7. The molecule has 3 aromatic rings. The minimum atomic E-state index is -0.0787. The normalized spacial score (nSPS) is 14.4. The maximum Gasteiger partial charge on any atom is 0.251 e. The third kappa shape index (κ3) is 5.15. The summed E-state index contributed by atoms with van der Waals surface area (Å²) in [7, 11) is 0. The van der Waals surface area contributed by atoms with E-state index in [1.807, 2.05) is 66.7 Å². The summed E-state index contributed by atoms with van der Waals surface area (Å²) >= 11 is 0. The highest BCUT2D eigenvalue weighted by Crippen LogP contribution is 2.25. The van der Waals surface area contributed by atoms with E-state index in [1.165, 1.54) is 0 Å². The average molecular weight is 403 g/mol. The van der Waals surface area contributed by atoms with Crippen LogP contribution in [0.25, 0.3) is 0 Å². The van der Waals surface area contributed by atoms with E-state index >= 15 is 0 Å². The Balaban J connectivity index is 1.32. The molecule has 1 aromatic heterocycles. The number of ether oxygens (including phenoxy) is 2. The van der Waals surface area contributed by atoms with Crippen molar-refractivity contribution >= 4 is 17.3 Å². The van der Waals surface area contributed by atoms with Crippen molar-refractivity contribution in [2.45, 2.75) is 13.5 Å². The molecule has 2 aromatic carbocycles. The summed E-state index contributed by atoms with van der Waals surface area (Å²) < 4.78 is 11.0. The summed E-state index contributed by atoms with van der Waals surface area (Å²) in [5, 5.41) is 6.33. The van der Waals surface area contributed by atoms with Crippen LogP contribution in [0, 0.1) is 5.41 Å². The number of pyridine rings is 1. The quantitative estimate of drug-likeness (QED) is 0.591. The minimum absolute atomic E-state index is 0.0475. The minimum Gasteiger partial charge on any atom is -0.487 e. The third-order valence-electron chi connectivity index (χ3n) is 4.96. The fourth-order valence-electron chi connectivity index (χ4n) is 3.13. The number of hydrogen-bond acceptors (Lipinski definition) is 5. The molecule has 1 aliphatic rings. The first-order chi connectivity index (χ1) is 14.6. The van der Waals surface area contributed by atoms with Gasteiger partial charge >= 0.3 is 0 Å². The van der Waals surface area contributed by atoms with Crippen LogP contribution in [0.3, 0.4) is 0 Å². The second-order valence-electron chi connectivity index (χ2n) is 7.83. The van der Waals surface area contributed by atoms with Crippen LogP contribution < -0.4 is 15.4 Å². The number of anilines is 2. The first kappa shape index (κ1) is 19.9. The van der Waals surface area contributed by atoms with Gasteiger partial charge in [-0.25, -0.2) is 0 Å². The third-order valence-corrected chi connectivity index (χ3v) is 4.96. The molecular formula is C24H25N3O3. The molecule has 0 radical (unpaired) electrons. The van der Waals surface area contributed by atoms with Gasteiger partial charge in [0.2, 0.25) is 0 Å². The lowest BCUT2D eigenvalue weighted by atomic mass is 9.88. The first-order valence-corrected chi connectivity index (χ1v) is 9.96. The number of aromatic nitrogens is 1. The molecule has 0 aliphatic carbocycles. The predicted molar refractivity (Wildman–Crippen MR) is 116 cm³/mol. The molecule has 0 unspecified atom stereocenters. The number of carbonyl (C=O) groups excluding carboxylic acids is 1. The Labute approximate surface area is 176 Å². The highest BCUT2D eigenvalue weighted by molar-refractivity contribution is 5.95. The van der Waals surface area contributed by atoms with E-state index in [4.69, 9.17) is 9.47 Å². The van der Waals surface area contributed by atoms with Gasteiger partial charge in [0.05, 0.1) is 18.9 Å². The van der Waals surface area contributed by atoms with Gasteiger partial charge in [0.1, 0.15) is 12.4 Å². The molecule has 4 rings (SSSR count). The number of rotatable bonds is 8. The van der Waals surface area contributed by atoms with Crippen molar-refractivity contribution in [2.75, 3.05) is 25.1 Å². The Kier molecular flexibility index (Phi) is 5.95. The highest BCUT2D eigenvalue weighted by atomic mass is 16.5. The molecule has 0 atom stereocenters. The first-order valence-electron chi connectivity index (χ1n) is 9.96. The predicted octanol–water partition coefficient (Wildman–Crippen LogP) is 4.17. The molecule has 6 heteroatoms. The summed E-state index contributed by atoms with van der Waals surface area (Å²) in [6.07, 6.45) is 1.75. The van der Waals surface area contributed by atoms with E-state index in [9.17, 15) is 4.79 Å². The second kappa shape index (κ2) is 8.97. The van der Waals surface area contributed by atoms with Gasteiger partial charge in [-0.05, 0) is 54.6 Å². The maximum atomic E-state index is 12.5. The van der Waals surface area contributed by atoms with Gasteiger partial charge < -0.3 is 20.1 Å². The molecule has 2 heterocycles. The molecule has 0 spiro atoms. The van der Waals surface area contributed by atoms with Crippen LogP contribution in [-0.4, -0.2) is 30.6 Å². The van der Waals surface area contributed by atoms with Gasteiger partial charge in [0.25, 0.3) is 5.91 Å². The van der Waals surface area contributed by atoms with Crippen LogP contribution in [-0.2, 0) is 11.3 Å². The Morgan fingerprint density at radius 1 is 1.07 bits per heavy atom. The van der Waals surface area contributed by atoms with Crippen molar-refractivity contribution in [3.63, 3.8) is 0 Å². The van der Waals surface area contributed by atoms with Crippen LogP contribution in [0.4, 0.5) is 11.4 Å². The van der Waals surface area contributed by atoms with E-state index in [0.29, 0.717) is 31.9 Å². The summed E-state index contributed by atoms with van der Waals surface area (Å²) in [6.45, 7) is 4.53. The fourth-order valence-corrected chi connectivity index (χ4v) is 3.13. The van der Waals surface area contributed by atoms with E-state index in [1.54, 1.807) is 6.20 Å². The number of amides is 1. The SMILES string of the molecule is CC1(CNC(=O)c2cccc(Nc3ccc(OCc4ccccn4)cc3)c2)COC1. The molecule has 2 N–H and O–H groups in total. The number of benzene rings is 2. The standard InChI is InChI=1S/C24H25N3O3/c1-24(16-29-17-24)15-26-23(28)18-5-4-7-20(13-18)27-19-8-10-22(11-9-19)30-14-21-6-2-3-12-25-21/h2-13,27H,14-17H2,1H3,(H,26,28). The van der Waals surface area contributed by atoms with Crippen LogP contribution in [0.2, 0.25) is 0 Å². The Bertz CT molecular complexity index is 986.